The molecular weight excluding hydrogens is 180 g/mol. The molecule has 0 radical (unpaired) electrons. The molecule has 78 valence electrons. The third-order valence-corrected chi connectivity index (χ3v) is 2.34. The van der Waals surface area contributed by atoms with E-state index in [1.54, 1.807) is 0 Å². The molecule has 4 heteroatoms. The van der Waals surface area contributed by atoms with Crippen LogP contribution in [-0.2, 0) is 9.47 Å². The van der Waals surface area contributed by atoms with Crippen molar-refractivity contribution in [3.63, 3.8) is 0 Å². The first-order chi connectivity index (χ1) is 6.57. The largest absolute Gasteiger partial charge is 0.347 e. The van der Waals surface area contributed by atoms with Gasteiger partial charge in [-0.3, -0.25) is 9.98 Å². The molecule has 2 atom stereocenters. The predicted molar refractivity (Wildman–Crippen MR) is 55.2 cm³/mol. The Morgan fingerprint density at radius 2 is 2.29 bits per heavy atom. The number of nitrogens with zero attached hydrogens (tertiary/aromatic N) is 2. The number of aliphatic imine (C=N–C) groups is 2. The molecular formula is C10H16N2O2. The van der Waals surface area contributed by atoms with Gasteiger partial charge in [-0.15, -0.1) is 0 Å². The van der Waals surface area contributed by atoms with Crippen LogP contribution in [0.1, 0.15) is 20.8 Å². The first kappa shape index (κ1) is 9.80. The van der Waals surface area contributed by atoms with E-state index in [0.717, 1.165) is 12.3 Å². The van der Waals surface area contributed by atoms with Gasteiger partial charge in [-0.2, -0.15) is 0 Å². The SMILES string of the molecule is CC1CN=C([C@@H]2COC(C)(C)O2)C=N1. The Labute approximate surface area is 84.0 Å². The van der Waals surface area contributed by atoms with Crippen molar-refractivity contribution in [1.82, 2.24) is 0 Å². The lowest BCUT2D eigenvalue weighted by molar-refractivity contribution is -0.131. The van der Waals surface area contributed by atoms with Gasteiger partial charge in [0.1, 0.15) is 6.10 Å². The summed E-state index contributed by atoms with van der Waals surface area (Å²) in [5.41, 5.74) is 0.911. The van der Waals surface area contributed by atoms with Crippen LogP contribution in [0.15, 0.2) is 9.98 Å². The Balaban J connectivity index is 2.01. The zero-order chi connectivity index (χ0) is 10.2. The van der Waals surface area contributed by atoms with Crippen molar-refractivity contribution in [1.29, 1.82) is 0 Å². The maximum Gasteiger partial charge on any atom is 0.163 e. The van der Waals surface area contributed by atoms with Gasteiger partial charge in [0.15, 0.2) is 5.79 Å². The van der Waals surface area contributed by atoms with Gasteiger partial charge in [-0.1, -0.05) is 0 Å². The fraction of sp³-hybridized carbons (Fsp3) is 0.800. The molecule has 1 saturated heterocycles. The summed E-state index contributed by atoms with van der Waals surface area (Å²) in [4.78, 5) is 8.73. The molecule has 0 amide bonds. The summed E-state index contributed by atoms with van der Waals surface area (Å²) < 4.78 is 11.1. The first-order valence-corrected chi connectivity index (χ1v) is 4.96. The van der Waals surface area contributed by atoms with Gasteiger partial charge in [0.2, 0.25) is 0 Å². The molecule has 2 heterocycles. The second-order valence-corrected chi connectivity index (χ2v) is 4.21. The summed E-state index contributed by atoms with van der Waals surface area (Å²) in [7, 11) is 0. The molecule has 0 aromatic carbocycles. The van der Waals surface area contributed by atoms with Crippen molar-refractivity contribution < 1.29 is 9.47 Å². The highest BCUT2D eigenvalue weighted by atomic mass is 16.7. The average Bonchev–Trinajstić information content (AvgIpc) is 2.47. The van der Waals surface area contributed by atoms with Crippen LogP contribution in [0.3, 0.4) is 0 Å². The Kier molecular flexibility index (Phi) is 2.41. The summed E-state index contributed by atoms with van der Waals surface area (Å²) in [5, 5.41) is 0. The van der Waals surface area contributed by atoms with Crippen LogP contribution in [0.4, 0.5) is 0 Å². The molecule has 0 saturated carbocycles. The highest BCUT2D eigenvalue weighted by Crippen LogP contribution is 2.23. The third kappa shape index (κ3) is 2.01. The van der Waals surface area contributed by atoms with E-state index in [0.29, 0.717) is 12.6 Å². The number of rotatable bonds is 1. The summed E-state index contributed by atoms with van der Waals surface area (Å²) in [6.07, 6.45) is 1.77. The molecule has 0 aromatic rings. The van der Waals surface area contributed by atoms with E-state index in [-0.39, 0.29) is 6.10 Å². The van der Waals surface area contributed by atoms with E-state index >= 15 is 0 Å². The fourth-order valence-electron chi connectivity index (χ4n) is 1.55. The van der Waals surface area contributed by atoms with Crippen molar-refractivity contribution in [2.45, 2.75) is 38.7 Å². The van der Waals surface area contributed by atoms with Gasteiger partial charge in [-0.05, 0) is 20.8 Å². The maximum atomic E-state index is 5.68. The van der Waals surface area contributed by atoms with Gasteiger partial charge in [0, 0.05) is 6.21 Å². The normalized spacial score (nSPS) is 35.8. The molecule has 2 aliphatic heterocycles. The first-order valence-electron chi connectivity index (χ1n) is 4.96. The van der Waals surface area contributed by atoms with E-state index in [1.165, 1.54) is 0 Å². The van der Waals surface area contributed by atoms with Crippen molar-refractivity contribution >= 4 is 11.9 Å². The van der Waals surface area contributed by atoms with Crippen LogP contribution in [0.5, 0.6) is 0 Å². The van der Waals surface area contributed by atoms with Gasteiger partial charge in [0.25, 0.3) is 0 Å². The monoisotopic (exact) mass is 196 g/mol. The average molecular weight is 196 g/mol. The standard InChI is InChI=1S/C10H16N2O2/c1-7-4-12-8(5-11-7)9-6-13-10(2,3)14-9/h5,7,9H,4,6H2,1-3H3/t7?,9-/m0/s1. The minimum atomic E-state index is -0.482. The maximum absolute atomic E-state index is 5.68. The van der Waals surface area contributed by atoms with Crippen molar-refractivity contribution in [3.05, 3.63) is 0 Å². The van der Waals surface area contributed by atoms with Crippen molar-refractivity contribution in [2.75, 3.05) is 13.2 Å². The molecule has 0 spiro atoms. The molecule has 0 aliphatic carbocycles. The third-order valence-electron chi connectivity index (χ3n) is 2.34. The van der Waals surface area contributed by atoms with Gasteiger partial charge >= 0.3 is 0 Å². The smallest absolute Gasteiger partial charge is 0.163 e. The van der Waals surface area contributed by atoms with Crippen molar-refractivity contribution in [2.24, 2.45) is 9.98 Å². The summed E-state index contributed by atoms with van der Waals surface area (Å²) >= 11 is 0. The minimum absolute atomic E-state index is 0.0405. The molecule has 1 unspecified atom stereocenters. The Morgan fingerprint density at radius 1 is 1.50 bits per heavy atom. The lowest BCUT2D eigenvalue weighted by Gasteiger charge is -2.18. The summed E-state index contributed by atoms with van der Waals surface area (Å²) in [5.74, 6) is -0.482. The summed E-state index contributed by atoms with van der Waals surface area (Å²) in [6.45, 7) is 7.21. The lowest BCUT2D eigenvalue weighted by atomic mass is 10.2. The Morgan fingerprint density at radius 3 is 2.79 bits per heavy atom. The fourth-order valence-corrected chi connectivity index (χ4v) is 1.55. The van der Waals surface area contributed by atoms with Gasteiger partial charge in [-0.25, -0.2) is 0 Å². The zero-order valence-electron chi connectivity index (χ0n) is 8.86. The van der Waals surface area contributed by atoms with E-state index in [9.17, 15) is 0 Å². The highest BCUT2D eigenvalue weighted by molar-refractivity contribution is 6.33. The van der Waals surface area contributed by atoms with E-state index in [1.807, 2.05) is 27.0 Å². The quantitative estimate of drug-likeness (QED) is 0.629. The molecule has 4 nitrogen and oxygen atoms in total. The molecule has 1 fully saturated rings. The highest BCUT2D eigenvalue weighted by Gasteiger charge is 2.35. The zero-order valence-corrected chi connectivity index (χ0v) is 8.86. The van der Waals surface area contributed by atoms with Gasteiger partial charge < -0.3 is 9.47 Å². The van der Waals surface area contributed by atoms with Crippen LogP contribution in [-0.4, -0.2) is 43.0 Å². The van der Waals surface area contributed by atoms with Crippen LogP contribution < -0.4 is 0 Å². The number of hydrogen-bond acceptors (Lipinski definition) is 4. The topological polar surface area (TPSA) is 43.2 Å². The predicted octanol–water partition coefficient (Wildman–Crippen LogP) is 1.05. The van der Waals surface area contributed by atoms with Crippen LogP contribution in [0.25, 0.3) is 0 Å². The Bertz CT molecular complexity index is 284. The molecule has 0 bridgehead atoms. The lowest BCUT2D eigenvalue weighted by Crippen LogP contribution is -2.30. The van der Waals surface area contributed by atoms with Crippen LogP contribution in [0, 0.1) is 0 Å². The van der Waals surface area contributed by atoms with E-state index in [4.69, 9.17) is 9.47 Å². The molecule has 2 rings (SSSR count). The number of ether oxygens (including phenoxy) is 2. The van der Waals surface area contributed by atoms with E-state index in [2.05, 4.69) is 9.98 Å². The molecule has 0 N–H and O–H groups in total. The Hall–Kier alpha value is -0.740. The van der Waals surface area contributed by atoms with Gasteiger partial charge in [0.05, 0.1) is 24.9 Å². The summed E-state index contributed by atoms with van der Waals surface area (Å²) in [6, 6.07) is 0.300. The van der Waals surface area contributed by atoms with Crippen LogP contribution in [0.2, 0.25) is 0 Å². The van der Waals surface area contributed by atoms with Crippen LogP contribution >= 0.6 is 0 Å². The second-order valence-electron chi connectivity index (χ2n) is 4.21. The molecule has 0 aromatic heterocycles. The van der Waals surface area contributed by atoms with Crippen molar-refractivity contribution in [3.8, 4) is 0 Å². The molecule has 2 aliphatic rings. The number of hydrogen-bond donors (Lipinski definition) is 0. The second kappa shape index (κ2) is 3.44. The van der Waals surface area contributed by atoms with E-state index < -0.39 is 5.79 Å². The minimum Gasteiger partial charge on any atom is -0.347 e. The molecule has 14 heavy (non-hydrogen) atoms.